The van der Waals surface area contributed by atoms with Crippen molar-refractivity contribution in [3.63, 3.8) is 0 Å². The molecule has 1 aliphatic rings. The Balaban J connectivity index is 1.63. The summed E-state index contributed by atoms with van der Waals surface area (Å²) in [6, 6.07) is 8.04. The van der Waals surface area contributed by atoms with E-state index in [9.17, 15) is 9.90 Å². The Bertz CT molecular complexity index is 622. The van der Waals surface area contributed by atoms with Crippen LogP contribution in [0.15, 0.2) is 24.3 Å². The highest BCUT2D eigenvalue weighted by Crippen LogP contribution is 2.25. The first-order valence-corrected chi connectivity index (χ1v) is 8.75. The Morgan fingerprint density at radius 2 is 2.27 bits per heavy atom. The summed E-state index contributed by atoms with van der Waals surface area (Å²) in [5.41, 5.74) is 1.01. The number of piperidine rings is 1. The van der Waals surface area contributed by atoms with Gasteiger partial charge in [-0.1, -0.05) is 19.1 Å². The van der Waals surface area contributed by atoms with Crippen LogP contribution in [-0.4, -0.2) is 40.1 Å². The molecule has 3 rings (SSSR count). The zero-order valence-electron chi connectivity index (χ0n) is 12.9. The Labute approximate surface area is 134 Å². The third kappa shape index (κ3) is 3.15. The lowest BCUT2D eigenvalue weighted by Gasteiger charge is -2.39. The smallest absolute Gasteiger partial charge is 0.223 e. The van der Waals surface area contributed by atoms with Gasteiger partial charge in [0.15, 0.2) is 0 Å². The summed E-state index contributed by atoms with van der Waals surface area (Å²) >= 11 is 1.66. The predicted molar refractivity (Wildman–Crippen MR) is 88.9 cm³/mol. The molecule has 2 atom stereocenters. The van der Waals surface area contributed by atoms with Gasteiger partial charge in [-0.3, -0.25) is 4.79 Å². The number of hydrogen-bond donors (Lipinski definition) is 1. The van der Waals surface area contributed by atoms with Crippen molar-refractivity contribution in [2.45, 2.75) is 38.6 Å². The molecule has 1 saturated heterocycles. The molecule has 5 heteroatoms. The third-order valence-corrected chi connectivity index (χ3v) is 5.61. The van der Waals surface area contributed by atoms with Crippen LogP contribution in [0.1, 0.15) is 31.2 Å². The molecule has 4 nitrogen and oxygen atoms in total. The fourth-order valence-electron chi connectivity index (χ4n) is 3.22. The topological polar surface area (TPSA) is 53.4 Å². The summed E-state index contributed by atoms with van der Waals surface area (Å²) in [5.74, 6) is 0.523. The minimum absolute atomic E-state index is 0.0170. The fraction of sp³-hybridized carbons (Fsp3) is 0.529. The number of aliphatic hydroxyl groups is 1. The van der Waals surface area contributed by atoms with Crippen molar-refractivity contribution >= 4 is 27.5 Å². The van der Waals surface area contributed by atoms with Crippen molar-refractivity contribution in [2.24, 2.45) is 5.92 Å². The molecule has 118 valence electrons. The minimum Gasteiger partial charge on any atom is -0.394 e. The molecule has 22 heavy (non-hydrogen) atoms. The fourth-order valence-corrected chi connectivity index (χ4v) is 4.19. The summed E-state index contributed by atoms with van der Waals surface area (Å²) in [6.07, 6.45) is 3.28. The van der Waals surface area contributed by atoms with E-state index in [1.807, 2.05) is 23.1 Å². The molecule has 1 aliphatic heterocycles. The molecule has 1 aromatic carbocycles. The number of aromatic nitrogens is 1. The minimum atomic E-state index is -0.0170. The Kier molecular flexibility index (Phi) is 4.74. The van der Waals surface area contributed by atoms with E-state index in [0.29, 0.717) is 18.8 Å². The molecule has 0 saturated carbocycles. The van der Waals surface area contributed by atoms with Gasteiger partial charge >= 0.3 is 0 Å². The van der Waals surface area contributed by atoms with Crippen LogP contribution >= 0.6 is 11.3 Å². The van der Waals surface area contributed by atoms with Crippen LogP contribution in [-0.2, 0) is 11.2 Å². The maximum Gasteiger partial charge on any atom is 0.223 e. The summed E-state index contributed by atoms with van der Waals surface area (Å²) in [5, 5.41) is 10.6. The summed E-state index contributed by atoms with van der Waals surface area (Å²) < 4.78 is 1.17. The van der Waals surface area contributed by atoms with Crippen LogP contribution < -0.4 is 0 Å². The molecule has 1 amide bonds. The normalized spacial score (nSPS) is 22.2. The number of hydrogen-bond acceptors (Lipinski definition) is 4. The number of fused-ring (bicyclic) bond motifs is 1. The van der Waals surface area contributed by atoms with Crippen molar-refractivity contribution in [3.8, 4) is 0 Å². The van der Waals surface area contributed by atoms with Crippen molar-refractivity contribution < 1.29 is 9.90 Å². The van der Waals surface area contributed by atoms with E-state index in [4.69, 9.17) is 0 Å². The number of nitrogens with zero attached hydrogens (tertiary/aromatic N) is 2. The monoisotopic (exact) mass is 318 g/mol. The number of carbonyl (C=O) groups excluding carboxylic acids is 1. The number of aryl methyl sites for hydroxylation is 1. The van der Waals surface area contributed by atoms with Crippen molar-refractivity contribution in [1.29, 1.82) is 0 Å². The van der Waals surface area contributed by atoms with Crippen molar-refractivity contribution in [1.82, 2.24) is 9.88 Å². The first kappa shape index (κ1) is 15.4. The van der Waals surface area contributed by atoms with E-state index in [2.05, 4.69) is 18.0 Å². The molecule has 1 fully saturated rings. The molecule has 2 unspecified atom stereocenters. The Morgan fingerprint density at radius 1 is 1.45 bits per heavy atom. The van der Waals surface area contributed by atoms with Crippen LogP contribution in [0.5, 0.6) is 0 Å². The zero-order valence-corrected chi connectivity index (χ0v) is 13.7. The van der Waals surface area contributed by atoms with Gasteiger partial charge in [0, 0.05) is 19.4 Å². The molecule has 1 aromatic heterocycles. The van der Waals surface area contributed by atoms with E-state index >= 15 is 0 Å². The SMILES string of the molecule is CC1CCCN(C(=O)CCc2nc3ccccc3s2)C1CO. The second-order valence-corrected chi connectivity index (χ2v) is 7.15. The van der Waals surface area contributed by atoms with Gasteiger partial charge < -0.3 is 10.0 Å². The highest BCUT2D eigenvalue weighted by molar-refractivity contribution is 7.18. The molecular formula is C17H22N2O2S. The van der Waals surface area contributed by atoms with Crippen LogP contribution in [0.4, 0.5) is 0 Å². The molecule has 1 N–H and O–H groups in total. The number of likely N-dealkylation sites (tertiary alicyclic amines) is 1. The van der Waals surface area contributed by atoms with Gasteiger partial charge in [-0.15, -0.1) is 11.3 Å². The maximum absolute atomic E-state index is 12.5. The van der Waals surface area contributed by atoms with Crippen LogP contribution in [0.2, 0.25) is 0 Å². The molecule has 0 spiro atoms. The van der Waals surface area contributed by atoms with Crippen LogP contribution in [0.25, 0.3) is 10.2 Å². The molecule has 2 aromatic rings. The number of para-hydroxylation sites is 1. The predicted octanol–water partition coefficient (Wildman–Crippen LogP) is 2.85. The molecule has 0 radical (unpaired) electrons. The summed E-state index contributed by atoms with van der Waals surface area (Å²) in [4.78, 5) is 19.0. The Morgan fingerprint density at radius 3 is 3.05 bits per heavy atom. The summed E-state index contributed by atoms with van der Waals surface area (Å²) in [6.45, 7) is 2.95. The Hall–Kier alpha value is -1.46. The molecule has 0 bridgehead atoms. The lowest BCUT2D eigenvalue weighted by molar-refractivity contribution is -0.137. The number of amides is 1. The molecule has 0 aliphatic carbocycles. The van der Waals surface area contributed by atoms with Gasteiger partial charge in [0.1, 0.15) is 0 Å². The number of benzene rings is 1. The van der Waals surface area contributed by atoms with Gasteiger partial charge in [-0.05, 0) is 30.9 Å². The van der Waals surface area contributed by atoms with E-state index < -0.39 is 0 Å². The standard InChI is InChI=1S/C17H22N2O2S/c1-12-5-4-10-19(14(12)11-20)17(21)9-8-16-18-13-6-2-3-7-15(13)22-16/h2-3,6-7,12,14,20H,4-5,8-11H2,1H3. The largest absolute Gasteiger partial charge is 0.394 e. The zero-order chi connectivity index (χ0) is 15.5. The second kappa shape index (κ2) is 6.75. The van der Waals surface area contributed by atoms with Crippen LogP contribution in [0, 0.1) is 5.92 Å². The first-order chi connectivity index (χ1) is 10.7. The van der Waals surface area contributed by atoms with Gasteiger partial charge in [-0.25, -0.2) is 4.98 Å². The lowest BCUT2D eigenvalue weighted by atomic mass is 9.91. The second-order valence-electron chi connectivity index (χ2n) is 6.03. The van der Waals surface area contributed by atoms with E-state index in [0.717, 1.165) is 29.9 Å². The summed E-state index contributed by atoms with van der Waals surface area (Å²) in [7, 11) is 0. The van der Waals surface area contributed by atoms with Gasteiger partial charge in [0.05, 0.1) is 27.9 Å². The van der Waals surface area contributed by atoms with Gasteiger partial charge in [0.2, 0.25) is 5.91 Å². The van der Waals surface area contributed by atoms with E-state index in [1.165, 1.54) is 4.70 Å². The number of thiazole rings is 1. The van der Waals surface area contributed by atoms with Crippen LogP contribution in [0.3, 0.4) is 0 Å². The average Bonchev–Trinajstić information content (AvgIpc) is 2.95. The number of rotatable bonds is 4. The van der Waals surface area contributed by atoms with Crippen molar-refractivity contribution in [3.05, 3.63) is 29.3 Å². The van der Waals surface area contributed by atoms with Gasteiger partial charge in [0.25, 0.3) is 0 Å². The lowest BCUT2D eigenvalue weighted by Crippen LogP contribution is -2.49. The van der Waals surface area contributed by atoms with Crippen molar-refractivity contribution in [2.75, 3.05) is 13.2 Å². The number of carbonyl (C=O) groups is 1. The highest BCUT2D eigenvalue weighted by atomic mass is 32.1. The molecular weight excluding hydrogens is 296 g/mol. The first-order valence-electron chi connectivity index (χ1n) is 7.94. The quantitative estimate of drug-likeness (QED) is 0.943. The third-order valence-electron chi connectivity index (χ3n) is 4.51. The maximum atomic E-state index is 12.5. The average molecular weight is 318 g/mol. The van der Waals surface area contributed by atoms with Gasteiger partial charge in [-0.2, -0.15) is 0 Å². The molecule has 2 heterocycles. The highest BCUT2D eigenvalue weighted by Gasteiger charge is 2.30. The number of aliphatic hydroxyl groups excluding tert-OH is 1. The van der Waals surface area contributed by atoms with E-state index in [1.54, 1.807) is 11.3 Å². The van der Waals surface area contributed by atoms with E-state index in [-0.39, 0.29) is 18.6 Å².